The Balaban J connectivity index is 1.69. The molecule has 1 fully saturated rings. The molecule has 0 saturated heterocycles. The first-order valence-corrected chi connectivity index (χ1v) is 9.28. The summed E-state index contributed by atoms with van der Waals surface area (Å²) < 4.78 is 6.07. The lowest BCUT2D eigenvalue weighted by Gasteiger charge is -2.26. The van der Waals surface area contributed by atoms with Gasteiger partial charge >= 0.3 is 5.97 Å². The molecule has 0 radical (unpaired) electrons. The molecular formula is C21H21ClO3. The van der Waals surface area contributed by atoms with Crippen molar-refractivity contribution in [2.24, 2.45) is 5.92 Å². The van der Waals surface area contributed by atoms with Gasteiger partial charge in [-0.2, -0.15) is 0 Å². The third-order valence-electron chi connectivity index (χ3n) is 5.49. The predicted octanol–water partition coefficient (Wildman–Crippen LogP) is 5.30. The van der Waals surface area contributed by atoms with E-state index in [1.165, 1.54) is 19.3 Å². The summed E-state index contributed by atoms with van der Waals surface area (Å²) in [5, 5.41) is 10.1. The highest BCUT2D eigenvalue weighted by Crippen LogP contribution is 2.41. The van der Waals surface area contributed by atoms with Crippen LogP contribution in [0.1, 0.15) is 42.7 Å². The van der Waals surface area contributed by atoms with Gasteiger partial charge in [-0.15, -0.1) is 0 Å². The molecule has 2 aromatic carbocycles. The Kier molecular flexibility index (Phi) is 4.43. The molecule has 0 spiro atoms. The highest BCUT2D eigenvalue weighted by atomic mass is 35.5. The molecule has 25 heavy (non-hydrogen) atoms. The van der Waals surface area contributed by atoms with Crippen molar-refractivity contribution in [1.29, 1.82) is 0 Å². The summed E-state index contributed by atoms with van der Waals surface area (Å²) in [5.74, 6) is 0.179. The van der Waals surface area contributed by atoms with Gasteiger partial charge in [0.2, 0.25) is 0 Å². The van der Waals surface area contributed by atoms with Crippen LogP contribution in [0.2, 0.25) is 5.02 Å². The van der Waals surface area contributed by atoms with E-state index in [1.54, 1.807) is 0 Å². The van der Waals surface area contributed by atoms with Gasteiger partial charge in [-0.05, 0) is 60.4 Å². The summed E-state index contributed by atoms with van der Waals surface area (Å²) in [5.41, 5.74) is 3.97. The number of aryl methyl sites for hydroxylation is 1. The van der Waals surface area contributed by atoms with Crippen molar-refractivity contribution in [2.75, 3.05) is 6.61 Å². The van der Waals surface area contributed by atoms with Gasteiger partial charge in [0.25, 0.3) is 0 Å². The van der Waals surface area contributed by atoms with Crippen molar-refractivity contribution in [2.45, 2.75) is 38.0 Å². The van der Waals surface area contributed by atoms with Gasteiger partial charge in [0.15, 0.2) is 0 Å². The van der Waals surface area contributed by atoms with Crippen LogP contribution in [-0.4, -0.2) is 17.7 Å². The number of ether oxygens (including phenoxy) is 1. The fourth-order valence-electron chi connectivity index (χ4n) is 3.77. The molecule has 1 saturated carbocycles. The lowest BCUT2D eigenvalue weighted by molar-refractivity contribution is -0.138. The van der Waals surface area contributed by atoms with E-state index in [0.717, 1.165) is 28.7 Å². The minimum atomic E-state index is -0.747. The third-order valence-corrected chi connectivity index (χ3v) is 5.79. The van der Waals surface area contributed by atoms with Gasteiger partial charge in [0.05, 0.1) is 17.5 Å². The van der Waals surface area contributed by atoms with Crippen LogP contribution in [0, 0.1) is 5.92 Å². The average molecular weight is 357 g/mol. The topological polar surface area (TPSA) is 46.5 Å². The monoisotopic (exact) mass is 356 g/mol. The maximum absolute atomic E-state index is 11.5. The van der Waals surface area contributed by atoms with E-state index < -0.39 is 11.9 Å². The Bertz CT molecular complexity index is 811. The van der Waals surface area contributed by atoms with E-state index in [1.807, 2.05) is 36.4 Å². The number of aliphatic carboxylic acids is 1. The molecule has 1 N–H and O–H groups in total. The number of hydrogen-bond donors (Lipinski definition) is 1. The van der Waals surface area contributed by atoms with Gasteiger partial charge in [-0.3, -0.25) is 4.79 Å². The van der Waals surface area contributed by atoms with E-state index in [2.05, 4.69) is 0 Å². The fraction of sp³-hybridized carbons (Fsp3) is 0.381. The number of carboxylic acid groups (broad SMARTS) is 1. The third kappa shape index (κ3) is 3.13. The van der Waals surface area contributed by atoms with Crippen LogP contribution in [-0.2, 0) is 11.2 Å². The van der Waals surface area contributed by atoms with Crippen LogP contribution in [0.15, 0.2) is 36.4 Å². The number of halogens is 1. The largest absolute Gasteiger partial charge is 0.491 e. The van der Waals surface area contributed by atoms with Crippen molar-refractivity contribution in [3.63, 3.8) is 0 Å². The average Bonchev–Trinajstić information content (AvgIpc) is 2.98. The molecule has 0 amide bonds. The number of benzene rings is 2. The molecule has 3 nitrogen and oxygen atoms in total. The Labute approximate surface area is 152 Å². The highest BCUT2D eigenvalue weighted by Gasteiger charge is 2.29. The zero-order chi connectivity index (χ0) is 17.4. The van der Waals surface area contributed by atoms with Gasteiger partial charge in [-0.1, -0.05) is 42.3 Å². The lowest BCUT2D eigenvalue weighted by Crippen LogP contribution is -2.19. The SMILES string of the molecule is O=C(O)C1CCc2ccc(-c3cccc(Cl)c3OCC3CCC3)cc21. The second-order valence-corrected chi connectivity index (χ2v) is 7.47. The molecule has 0 bridgehead atoms. The number of para-hydroxylation sites is 1. The lowest BCUT2D eigenvalue weighted by atomic mass is 9.86. The summed E-state index contributed by atoms with van der Waals surface area (Å²) in [6.07, 6.45) is 5.23. The second-order valence-electron chi connectivity index (χ2n) is 7.07. The zero-order valence-corrected chi connectivity index (χ0v) is 14.8. The van der Waals surface area contributed by atoms with Crippen LogP contribution in [0.5, 0.6) is 5.75 Å². The Hall–Kier alpha value is -2.00. The van der Waals surface area contributed by atoms with E-state index in [9.17, 15) is 9.90 Å². The number of rotatable bonds is 5. The summed E-state index contributed by atoms with van der Waals surface area (Å²) in [6, 6.07) is 11.8. The maximum atomic E-state index is 11.5. The molecule has 2 aromatic rings. The van der Waals surface area contributed by atoms with Crippen LogP contribution in [0.25, 0.3) is 11.1 Å². The van der Waals surface area contributed by atoms with Gasteiger partial charge in [0.1, 0.15) is 5.75 Å². The number of carboxylic acids is 1. The highest BCUT2D eigenvalue weighted by molar-refractivity contribution is 6.32. The van der Waals surface area contributed by atoms with Crippen LogP contribution < -0.4 is 4.74 Å². The first-order valence-electron chi connectivity index (χ1n) is 8.91. The molecular weight excluding hydrogens is 336 g/mol. The predicted molar refractivity (Wildman–Crippen MR) is 98.4 cm³/mol. The molecule has 1 unspecified atom stereocenters. The standard InChI is InChI=1S/C21H21ClO3/c22-19-6-2-5-16(20(19)25-12-13-3-1-4-13)15-8-7-14-9-10-17(21(23)24)18(14)11-15/h2,5-8,11,13,17H,1,3-4,9-10,12H2,(H,23,24). The number of hydrogen-bond acceptors (Lipinski definition) is 2. The maximum Gasteiger partial charge on any atom is 0.310 e. The molecule has 4 rings (SSSR count). The number of carbonyl (C=O) groups is 1. The van der Waals surface area contributed by atoms with E-state index in [-0.39, 0.29) is 0 Å². The van der Waals surface area contributed by atoms with Gasteiger partial charge < -0.3 is 9.84 Å². The minimum Gasteiger partial charge on any atom is -0.491 e. The fourth-order valence-corrected chi connectivity index (χ4v) is 4.00. The zero-order valence-electron chi connectivity index (χ0n) is 14.0. The molecule has 2 aliphatic carbocycles. The van der Waals surface area contributed by atoms with Crippen LogP contribution in [0.3, 0.4) is 0 Å². The molecule has 4 heteroatoms. The minimum absolute atomic E-state index is 0.409. The van der Waals surface area contributed by atoms with Crippen molar-refractivity contribution < 1.29 is 14.6 Å². The molecule has 2 aliphatic rings. The van der Waals surface area contributed by atoms with Crippen LogP contribution >= 0.6 is 11.6 Å². The summed E-state index contributed by atoms with van der Waals surface area (Å²) >= 11 is 6.40. The molecule has 0 heterocycles. The number of fused-ring (bicyclic) bond motifs is 1. The first-order chi connectivity index (χ1) is 12.1. The van der Waals surface area contributed by atoms with Crippen molar-refractivity contribution in [3.05, 3.63) is 52.5 Å². The van der Waals surface area contributed by atoms with Crippen molar-refractivity contribution >= 4 is 17.6 Å². The van der Waals surface area contributed by atoms with Gasteiger partial charge in [0, 0.05) is 5.56 Å². The smallest absolute Gasteiger partial charge is 0.310 e. The summed E-state index contributed by atoms with van der Waals surface area (Å²) in [6.45, 7) is 0.694. The molecule has 0 aromatic heterocycles. The van der Waals surface area contributed by atoms with Gasteiger partial charge in [-0.25, -0.2) is 0 Å². The molecule has 130 valence electrons. The molecule has 1 atom stereocenters. The van der Waals surface area contributed by atoms with Crippen LogP contribution in [0.4, 0.5) is 0 Å². The van der Waals surface area contributed by atoms with Crippen molar-refractivity contribution in [3.8, 4) is 16.9 Å². The summed E-state index contributed by atoms with van der Waals surface area (Å²) in [4.78, 5) is 11.5. The Morgan fingerprint density at radius 1 is 1.20 bits per heavy atom. The Morgan fingerprint density at radius 2 is 2.04 bits per heavy atom. The quantitative estimate of drug-likeness (QED) is 0.790. The second kappa shape index (κ2) is 6.72. The van der Waals surface area contributed by atoms with Crippen molar-refractivity contribution in [1.82, 2.24) is 0 Å². The normalized spacial score (nSPS) is 19.3. The van der Waals surface area contributed by atoms with E-state index in [0.29, 0.717) is 29.7 Å². The van der Waals surface area contributed by atoms with E-state index in [4.69, 9.17) is 16.3 Å². The summed E-state index contributed by atoms with van der Waals surface area (Å²) in [7, 11) is 0. The Morgan fingerprint density at radius 3 is 2.76 bits per heavy atom. The van der Waals surface area contributed by atoms with E-state index >= 15 is 0 Å². The first kappa shape index (κ1) is 16.5. The molecule has 0 aliphatic heterocycles.